The van der Waals surface area contributed by atoms with E-state index in [1.165, 1.54) is 11.3 Å². The Morgan fingerprint density at radius 3 is 2.47 bits per heavy atom. The lowest BCUT2D eigenvalue weighted by molar-refractivity contribution is -0.138. The lowest BCUT2D eigenvalue weighted by atomic mass is 10.1. The summed E-state index contributed by atoms with van der Waals surface area (Å²) >= 11 is 12.7. The average Bonchev–Trinajstić information content (AvgIpc) is 2.90. The molecule has 6 heteroatoms. The molecule has 0 spiro atoms. The molecule has 1 N–H and O–H groups in total. The topological polar surface area (TPSA) is 54.4 Å². The highest BCUT2D eigenvalue weighted by Crippen LogP contribution is 2.44. The number of hydrogen-bond donors (Lipinski definition) is 1. The fourth-order valence-electron chi connectivity index (χ4n) is 1.44. The number of halogens is 2. The fourth-order valence-corrected chi connectivity index (χ4v) is 2.69. The molecule has 0 aliphatic heterocycles. The van der Waals surface area contributed by atoms with Gasteiger partial charge in [0.15, 0.2) is 5.78 Å². The van der Waals surface area contributed by atoms with Crippen molar-refractivity contribution in [2.75, 3.05) is 0 Å². The lowest BCUT2D eigenvalue weighted by Crippen LogP contribution is -2.07. The predicted octanol–water partition coefficient (Wildman–Crippen LogP) is 2.96. The van der Waals surface area contributed by atoms with Crippen molar-refractivity contribution in [3.05, 3.63) is 20.3 Å². The van der Waals surface area contributed by atoms with E-state index < -0.39 is 17.8 Å². The molecule has 1 aromatic rings. The Kier molecular flexibility index (Phi) is 2.75. The number of Topliss-reactive ketones (excluding diaryl/α,β-unsaturated/α-hetero) is 1. The van der Waals surface area contributed by atoms with Crippen molar-refractivity contribution in [1.29, 1.82) is 0 Å². The summed E-state index contributed by atoms with van der Waals surface area (Å²) in [6, 6.07) is 0. The van der Waals surface area contributed by atoms with Crippen LogP contribution in [-0.4, -0.2) is 16.9 Å². The third-order valence-electron chi connectivity index (χ3n) is 2.40. The Hall–Kier alpha value is -0.580. The van der Waals surface area contributed by atoms with E-state index in [1.54, 1.807) is 5.38 Å². The third-order valence-corrected chi connectivity index (χ3v) is 4.22. The maximum absolute atomic E-state index is 11.8. The van der Waals surface area contributed by atoms with Gasteiger partial charge < -0.3 is 5.11 Å². The molecular weight excluding hydrogens is 259 g/mol. The first-order chi connectivity index (χ1) is 7.02. The van der Waals surface area contributed by atoms with Crippen molar-refractivity contribution >= 4 is 46.3 Å². The Morgan fingerprint density at radius 2 is 2.07 bits per heavy atom. The zero-order valence-electron chi connectivity index (χ0n) is 7.37. The van der Waals surface area contributed by atoms with Crippen LogP contribution < -0.4 is 0 Å². The number of hydrogen-bond acceptors (Lipinski definition) is 3. The number of carbonyl (C=O) groups excluding carboxylic acids is 1. The number of ketones is 1. The van der Waals surface area contributed by atoms with Gasteiger partial charge in [0.1, 0.15) is 4.34 Å². The molecule has 1 heterocycles. The van der Waals surface area contributed by atoms with E-state index in [2.05, 4.69) is 0 Å². The summed E-state index contributed by atoms with van der Waals surface area (Å²) in [4.78, 5) is 22.3. The second kappa shape index (κ2) is 3.77. The van der Waals surface area contributed by atoms with Crippen molar-refractivity contribution < 1.29 is 14.7 Å². The first-order valence-corrected chi connectivity index (χ1v) is 5.85. The van der Waals surface area contributed by atoms with Crippen molar-refractivity contribution in [3.8, 4) is 0 Å². The molecule has 1 aromatic heterocycles. The van der Waals surface area contributed by atoms with Crippen LogP contribution in [0.3, 0.4) is 0 Å². The van der Waals surface area contributed by atoms with Crippen LogP contribution in [0.25, 0.3) is 0 Å². The van der Waals surface area contributed by atoms with Gasteiger partial charge >= 0.3 is 5.97 Å². The molecule has 1 saturated carbocycles. The van der Waals surface area contributed by atoms with E-state index in [4.69, 9.17) is 28.3 Å². The maximum Gasteiger partial charge on any atom is 0.307 e. The van der Waals surface area contributed by atoms with Crippen LogP contribution in [0.4, 0.5) is 0 Å². The number of rotatable bonds is 3. The van der Waals surface area contributed by atoms with Crippen molar-refractivity contribution in [2.24, 2.45) is 11.8 Å². The lowest BCUT2D eigenvalue weighted by Gasteiger charge is -1.95. The minimum atomic E-state index is -0.925. The molecule has 0 radical (unpaired) electrons. The summed E-state index contributed by atoms with van der Waals surface area (Å²) in [5.41, 5.74) is 0.348. The van der Waals surface area contributed by atoms with Gasteiger partial charge in [-0.1, -0.05) is 23.2 Å². The third kappa shape index (κ3) is 1.89. The van der Waals surface area contributed by atoms with Gasteiger partial charge in [-0.2, -0.15) is 0 Å². The number of thiophene rings is 1. The first kappa shape index (κ1) is 10.9. The molecule has 0 bridgehead atoms. The first-order valence-electron chi connectivity index (χ1n) is 4.22. The minimum absolute atomic E-state index is 0.212. The molecule has 2 atom stereocenters. The summed E-state index contributed by atoms with van der Waals surface area (Å²) in [5, 5.41) is 10.5. The van der Waals surface area contributed by atoms with E-state index in [-0.39, 0.29) is 10.8 Å². The van der Waals surface area contributed by atoms with E-state index in [9.17, 15) is 9.59 Å². The molecule has 1 aliphatic carbocycles. The number of carboxylic acids is 1. The minimum Gasteiger partial charge on any atom is -0.481 e. The van der Waals surface area contributed by atoms with E-state index in [0.29, 0.717) is 16.3 Å². The van der Waals surface area contributed by atoms with Gasteiger partial charge in [-0.25, -0.2) is 0 Å². The summed E-state index contributed by atoms with van der Waals surface area (Å²) < 4.78 is 0.368. The molecule has 2 unspecified atom stereocenters. The van der Waals surface area contributed by atoms with Crippen LogP contribution in [0.15, 0.2) is 5.38 Å². The van der Waals surface area contributed by atoms with Gasteiger partial charge in [0.05, 0.1) is 10.9 Å². The van der Waals surface area contributed by atoms with Gasteiger partial charge in [-0.3, -0.25) is 9.59 Å². The quantitative estimate of drug-likeness (QED) is 0.855. The molecule has 80 valence electrons. The highest BCUT2D eigenvalue weighted by atomic mass is 35.5. The number of carboxylic acid groups (broad SMARTS) is 1. The van der Waals surface area contributed by atoms with E-state index in [1.807, 2.05) is 0 Å². The van der Waals surface area contributed by atoms with Gasteiger partial charge in [0.25, 0.3) is 0 Å². The van der Waals surface area contributed by atoms with E-state index >= 15 is 0 Å². The van der Waals surface area contributed by atoms with Crippen LogP contribution in [-0.2, 0) is 4.79 Å². The zero-order valence-corrected chi connectivity index (χ0v) is 9.70. The molecule has 0 amide bonds. The molecule has 1 fully saturated rings. The monoisotopic (exact) mass is 264 g/mol. The molecule has 2 rings (SSSR count). The summed E-state index contributed by atoms with van der Waals surface area (Å²) in [5.74, 6) is -2.11. The van der Waals surface area contributed by atoms with Gasteiger partial charge in [-0.15, -0.1) is 11.3 Å². The highest BCUT2D eigenvalue weighted by molar-refractivity contribution is 7.15. The van der Waals surface area contributed by atoms with Crippen molar-refractivity contribution in [1.82, 2.24) is 0 Å². The van der Waals surface area contributed by atoms with E-state index in [0.717, 1.165) is 0 Å². The van der Waals surface area contributed by atoms with Gasteiger partial charge in [0.2, 0.25) is 0 Å². The van der Waals surface area contributed by atoms with Crippen LogP contribution in [0.1, 0.15) is 16.8 Å². The Bertz CT molecular complexity index is 441. The zero-order chi connectivity index (χ0) is 11.2. The van der Waals surface area contributed by atoms with Gasteiger partial charge in [-0.05, 0) is 6.42 Å². The molecule has 3 nitrogen and oxygen atoms in total. The molecule has 15 heavy (non-hydrogen) atoms. The van der Waals surface area contributed by atoms with Crippen LogP contribution >= 0.6 is 34.5 Å². The SMILES string of the molecule is O=C(O)C1CC1C(=O)c1csc(Cl)c1Cl. The smallest absolute Gasteiger partial charge is 0.307 e. The second-order valence-corrected chi connectivity index (χ2v) is 5.25. The second-order valence-electron chi connectivity index (χ2n) is 3.39. The summed E-state index contributed by atoms with van der Waals surface area (Å²) in [7, 11) is 0. The largest absolute Gasteiger partial charge is 0.481 e. The summed E-state index contributed by atoms with van der Waals surface area (Å²) in [6.07, 6.45) is 0.401. The van der Waals surface area contributed by atoms with Crippen LogP contribution in [0.5, 0.6) is 0 Å². The summed E-state index contributed by atoms with van der Waals surface area (Å²) in [6.45, 7) is 0. The fraction of sp³-hybridized carbons (Fsp3) is 0.333. The normalized spacial score (nSPS) is 23.9. The number of carbonyl (C=O) groups is 2. The van der Waals surface area contributed by atoms with Crippen molar-refractivity contribution in [2.45, 2.75) is 6.42 Å². The maximum atomic E-state index is 11.8. The number of aliphatic carboxylic acids is 1. The Labute approximate surface area is 99.6 Å². The van der Waals surface area contributed by atoms with Crippen molar-refractivity contribution in [3.63, 3.8) is 0 Å². The highest BCUT2D eigenvalue weighted by Gasteiger charge is 2.48. The average molecular weight is 265 g/mol. The van der Waals surface area contributed by atoms with Crippen LogP contribution in [0, 0.1) is 11.8 Å². The molecular formula is C9H6Cl2O3S. The molecule has 0 aromatic carbocycles. The Balaban J connectivity index is 2.17. The van der Waals surface area contributed by atoms with Gasteiger partial charge in [0, 0.05) is 16.9 Å². The molecule has 1 aliphatic rings. The Morgan fingerprint density at radius 1 is 1.40 bits per heavy atom. The molecule has 0 saturated heterocycles. The standard InChI is InChI=1S/C9H6Cl2O3S/c10-6-5(2-15-8(6)11)7(12)3-1-4(3)9(13)14/h2-4H,1H2,(H,13,14). The predicted molar refractivity (Wildman–Crippen MR) is 57.9 cm³/mol. The van der Waals surface area contributed by atoms with Crippen LogP contribution in [0.2, 0.25) is 9.36 Å².